The minimum Gasteiger partial charge on any atom is -0.481 e. The van der Waals surface area contributed by atoms with E-state index in [2.05, 4.69) is 0 Å². The van der Waals surface area contributed by atoms with Crippen LogP contribution in [0.1, 0.15) is 47.5 Å². The lowest BCUT2D eigenvalue weighted by molar-refractivity contribution is -0.140. The Morgan fingerprint density at radius 2 is 1.78 bits per heavy atom. The summed E-state index contributed by atoms with van der Waals surface area (Å²) in [6, 6.07) is -0.188. The van der Waals surface area contributed by atoms with Gasteiger partial charge in [-0.3, -0.25) is 9.59 Å². The van der Waals surface area contributed by atoms with Crippen molar-refractivity contribution in [1.82, 2.24) is 4.90 Å². The molecule has 0 bridgehead atoms. The lowest BCUT2D eigenvalue weighted by Gasteiger charge is -2.36. The standard InChI is InChI=1S/C13H26N2O3/c1-9(2)10(14)8-11(16)15(13(3,4)5)7-6-12(17)18/h9-10H,6-8,14H2,1-5H3,(H,17,18). The second-order valence-electron chi connectivity index (χ2n) is 5.97. The van der Waals surface area contributed by atoms with Crippen LogP contribution in [0, 0.1) is 5.92 Å². The Hall–Kier alpha value is -1.10. The van der Waals surface area contributed by atoms with Crippen LogP contribution < -0.4 is 5.73 Å². The van der Waals surface area contributed by atoms with Crippen molar-refractivity contribution in [1.29, 1.82) is 0 Å². The monoisotopic (exact) mass is 258 g/mol. The van der Waals surface area contributed by atoms with E-state index in [-0.39, 0.29) is 42.8 Å². The average Bonchev–Trinajstić information content (AvgIpc) is 2.14. The van der Waals surface area contributed by atoms with Gasteiger partial charge in [-0.2, -0.15) is 0 Å². The summed E-state index contributed by atoms with van der Waals surface area (Å²) in [5.74, 6) is -0.745. The third kappa shape index (κ3) is 6.00. The molecule has 0 aromatic heterocycles. The lowest BCUT2D eigenvalue weighted by Crippen LogP contribution is -2.48. The minimum absolute atomic E-state index is 0.0417. The van der Waals surface area contributed by atoms with Crippen molar-refractivity contribution in [3.63, 3.8) is 0 Å². The molecule has 1 amide bonds. The Morgan fingerprint density at radius 3 is 2.11 bits per heavy atom. The smallest absolute Gasteiger partial charge is 0.305 e. The highest BCUT2D eigenvalue weighted by Gasteiger charge is 2.28. The second kappa shape index (κ2) is 6.73. The van der Waals surface area contributed by atoms with E-state index >= 15 is 0 Å². The number of carbonyl (C=O) groups is 2. The molecule has 18 heavy (non-hydrogen) atoms. The number of rotatable bonds is 6. The Morgan fingerprint density at radius 1 is 1.28 bits per heavy atom. The van der Waals surface area contributed by atoms with E-state index in [1.807, 2.05) is 34.6 Å². The number of aliphatic carboxylic acids is 1. The summed E-state index contributed by atoms with van der Waals surface area (Å²) in [4.78, 5) is 24.4. The van der Waals surface area contributed by atoms with Crippen molar-refractivity contribution in [3.05, 3.63) is 0 Å². The van der Waals surface area contributed by atoms with Gasteiger partial charge in [0.25, 0.3) is 0 Å². The summed E-state index contributed by atoms with van der Waals surface area (Å²) >= 11 is 0. The van der Waals surface area contributed by atoms with Gasteiger partial charge in [-0.1, -0.05) is 13.8 Å². The van der Waals surface area contributed by atoms with Crippen molar-refractivity contribution >= 4 is 11.9 Å². The zero-order chi connectivity index (χ0) is 14.5. The maximum atomic E-state index is 12.2. The molecule has 0 fully saturated rings. The van der Waals surface area contributed by atoms with E-state index in [9.17, 15) is 9.59 Å². The van der Waals surface area contributed by atoms with Crippen LogP contribution in [-0.2, 0) is 9.59 Å². The molecule has 0 heterocycles. The fraction of sp³-hybridized carbons (Fsp3) is 0.846. The van der Waals surface area contributed by atoms with E-state index in [1.165, 1.54) is 0 Å². The summed E-state index contributed by atoms with van der Waals surface area (Å²) in [5, 5.41) is 8.72. The predicted molar refractivity (Wildman–Crippen MR) is 71.1 cm³/mol. The molecule has 0 aromatic rings. The highest BCUT2D eigenvalue weighted by atomic mass is 16.4. The normalized spacial score (nSPS) is 13.5. The number of nitrogens with zero attached hydrogens (tertiary/aromatic N) is 1. The van der Waals surface area contributed by atoms with Gasteiger partial charge in [0.05, 0.1) is 6.42 Å². The Bertz CT molecular complexity index is 295. The second-order valence-corrected chi connectivity index (χ2v) is 5.97. The first-order valence-corrected chi connectivity index (χ1v) is 6.33. The first kappa shape index (κ1) is 16.9. The fourth-order valence-corrected chi connectivity index (χ4v) is 1.59. The van der Waals surface area contributed by atoms with Crippen molar-refractivity contribution < 1.29 is 14.7 Å². The van der Waals surface area contributed by atoms with Gasteiger partial charge in [0.15, 0.2) is 0 Å². The SMILES string of the molecule is CC(C)C(N)CC(=O)N(CCC(=O)O)C(C)(C)C. The van der Waals surface area contributed by atoms with Crippen LogP contribution in [0.25, 0.3) is 0 Å². The summed E-state index contributed by atoms with van der Waals surface area (Å²) in [5.41, 5.74) is 5.50. The molecule has 106 valence electrons. The summed E-state index contributed by atoms with van der Waals surface area (Å²) < 4.78 is 0. The maximum Gasteiger partial charge on any atom is 0.305 e. The summed E-state index contributed by atoms with van der Waals surface area (Å²) in [6.07, 6.45) is 0.217. The Kier molecular flexibility index (Phi) is 6.32. The van der Waals surface area contributed by atoms with Gasteiger partial charge in [0, 0.05) is 24.5 Å². The molecule has 0 aliphatic heterocycles. The molecule has 0 saturated carbocycles. The molecule has 0 spiro atoms. The zero-order valence-electron chi connectivity index (χ0n) is 12.1. The van der Waals surface area contributed by atoms with Crippen molar-refractivity contribution in [3.8, 4) is 0 Å². The van der Waals surface area contributed by atoms with E-state index in [4.69, 9.17) is 10.8 Å². The van der Waals surface area contributed by atoms with Crippen LogP contribution in [0.5, 0.6) is 0 Å². The number of hydrogen-bond donors (Lipinski definition) is 2. The molecule has 5 heteroatoms. The van der Waals surface area contributed by atoms with E-state index in [0.717, 1.165) is 0 Å². The first-order chi connectivity index (χ1) is 8.05. The molecule has 3 N–H and O–H groups in total. The maximum absolute atomic E-state index is 12.2. The van der Waals surface area contributed by atoms with Gasteiger partial charge in [-0.25, -0.2) is 0 Å². The molecule has 1 unspecified atom stereocenters. The number of hydrogen-bond acceptors (Lipinski definition) is 3. The third-order valence-corrected chi connectivity index (χ3v) is 2.93. The zero-order valence-corrected chi connectivity index (χ0v) is 12.1. The number of amides is 1. The first-order valence-electron chi connectivity index (χ1n) is 6.33. The van der Waals surface area contributed by atoms with Gasteiger partial charge in [0.2, 0.25) is 5.91 Å². The molecular formula is C13H26N2O3. The molecule has 0 saturated heterocycles. The van der Waals surface area contributed by atoms with Gasteiger partial charge < -0.3 is 15.7 Å². The summed E-state index contributed by atoms with van der Waals surface area (Å²) in [6.45, 7) is 9.85. The van der Waals surface area contributed by atoms with Crippen molar-refractivity contribution in [2.75, 3.05) is 6.54 Å². The lowest BCUT2D eigenvalue weighted by atomic mass is 9.99. The fourth-order valence-electron chi connectivity index (χ4n) is 1.59. The topological polar surface area (TPSA) is 83.6 Å². The van der Waals surface area contributed by atoms with Crippen LogP contribution in [0.15, 0.2) is 0 Å². The van der Waals surface area contributed by atoms with Gasteiger partial charge in [-0.05, 0) is 26.7 Å². The van der Waals surface area contributed by atoms with E-state index in [0.29, 0.717) is 0 Å². The van der Waals surface area contributed by atoms with Crippen molar-refractivity contribution in [2.24, 2.45) is 11.7 Å². The van der Waals surface area contributed by atoms with Crippen molar-refractivity contribution in [2.45, 2.75) is 59.0 Å². The van der Waals surface area contributed by atoms with Crippen LogP contribution in [0.3, 0.4) is 0 Å². The molecule has 0 aliphatic rings. The van der Waals surface area contributed by atoms with Crippen LogP contribution in [0.2, 0.25) is 0 Å². The molecule has 0 rings (SSSR count). The number of nitrogens with two attached hydrogens (primary N) is 1. The molecular weight excluding hydrogens is 232 g/mol. The van der Waals surface area contributed by atoms with Gasteiger partial charge >= 0.3 is 5.97 Å². The summed E-state index contributed by atoms with van der Waals surface area (Å²) in [7, 11) is 0. The van der Waals surface area contributed by atoms with Crippen LogP contribution >= 0.6 is 0 Å². The highest BCUT2D eigenvalue weighted by Crippen LogP contribution is 2.17. The van der Waals surface area contributed by atoms with Crippen LogP contribution in [0.4, 0.5) is 0 Å². The third-order valence-electron chi connectivity index (χ3n) is 2.93. The number of carbonyl (C=O) groups excluding carboxylic acids is 1. The molecule has 0 radical (unpaired) electrons. The highest BCUT2D eigenvalue weighted by molar-refractivity contribution is 5.78. The van der Waals surface area contributed by atoms with Crippen LogP contribution in [-0.4, -0.2) is 40.0 Å². The van der Waals surface area contributed by atoms with Gasteiger partial charge in [-0.15, -0.1) is 0 Å². The van der Waals surface area contributed by atoms with Gasteiger partial charge in [0.1, 0.15) is 0 Å². The molecule has 1 atom stereocenters. The number of carboxylic acids is 1. The van der Waals surface area contributed by atoms with E-state index < -0.39 is 5.97 Å². The Labute approximate surface area is 109 Å². The molecule has 0 aromatic carbocycles. The average molecular weight is 258 g/mol. The Balaban J connectivity index is 4.66. The molecule has 5 nitrogen and oxygen atoms in total. The predicted octanol–water partition coefficient (Wildman–Crippen LogP) is 1.46. The molecule has 0 aliphatic carbocycles. The quantitative estimate of drug-likeness (QED) is 0.755. The minimum atomic E-state index is -0.898. The largest absolute Gasteiger partial charge is 0.481 e. The number of carboxylic acid groups (broad SMARTS) is 1. The van der Waals surface area contributed by atoms with E-state index in [1.54, 1.807) is 4.90 Å².